The van der Waals surface area contributed by atoms with Crippen molar-refractivity contribution in [3.05, 3.63) is 28.7 Å². The summed E-state index contributed by atoms with van der Waals surface area (Å²) < 4.78 is 5.58. The first-order valence-corrected chi connectivity index (χ1v) is 6.22. The molecule has 98 valence electrons. The summed E-state index contributed by atoms with van der Waals surface area (Å²) in [6.45, 7) is 3.10. The van der Waals surface area contributed by atoms with Crippen LogP contribution in [-0.2, 0) is 14.3 Å². The molecular formula is C13H16BrNO3. The molecule has 0 unspecified atom stereocenters. The molecule has 1 amide bonds. The Morgan fingerprint density at radius 1 is 1.22 bits per heavy atom. The fourth-order valence-electron chi connectivity index (χ4n) is 1.54. The first kappa shape index (κ1) is 14.7. The average molecular weight is 314 g/mol. The summed E-state index contributed by atoms with van der Waals surface area (Å²) in [5.74, 6) is -0.854. The van der Waals surface area contributed by atoms with Crippen molar-refractivity contribution in [2.75, 3.05) is 19.1 Å². The predicted octanol–water partition coefficient (Wildman–Crippen LogP) is 2.61. The van der Waals surface area contributed by atoms with E-state index in [1.54, 1.807) is 33.0 Å². The van der Waals surface area contributed by atoms with Crippen molar-refractivity contribution in [1.82, 2.24) is 0 Å². The molecule has 0 heterocycles. The third-order valence-corrected chi connectivity index (χ3v) is 3.28. The lowest BCUT2D eigenvalue weighted by Crippen LogP contribution is -2.44. The molecule has 1 aromatic carbocycles. The quantitative estimate of drug-likeness (QED) is 0.636. The van der Waals surface area contributed by atoms with Crippen LogP contribution < -0.4 is 4.90 Å². The topological polar surface area (TPSA) is 46.6 Å². The lowest BCUT2D eigenvalue weighted by atomic mass is 9.91. The molecule has 4 nitrogen and oxygen atoms in total. The molecule has 0 spiro atoms. The molecular weight excluding hydrogens is 298 g/mol. The summed E-state index contributed by atoms with van der Waals surface area (Å²) in [6.07, 6.45) is 0. The normalized spacial score (nSPS) is 10.9. The third-order valence-electron chi connectivity index (χ3n) is 2.75. The van der Waals surface area contributed by atoms with Crippen LogP contribution in [0.3, 0.4) is 0 Å². The van der Waals surface area contributed by atoms with Gasteiger partial charge >= 0.3 is 5.97 Å². The van der Waals surface area contributed by atoms with Gasteiger partial charge in [0.05, 0.1) is 7.11 Å². The second-order valence-corrected chi connectivity index (χ2v) is 5.37. The van der Waals surface area contributed by atoms with Crippen LogP contribution in [0.2, 0.25) is 0 Å². The van der Waals surface area contributed by atoms with E-state index < -0.39 is 11.4 Å². The van der Waals surface area contributed by atoms with Gasteiger partial charge in [0.25, 0.3) is 0 Å². The van der Waals surface area contributed by atoms with E-state index in [9.17, 15) is 9.59 Å². The Hall–Kier alpha value is -1.36. The minimum Gasteiger partial charge on any atom is -0.468 e. The van der Waals surface area contributed by atoms with Gasteiger partial charge in [-0.2, -0.15) is 0 Å². The molecule has 0 aromatic heterocycles. The van der Waals surface area contributed by atoms with Crippen molar-refractivity contribution in [2.45, 2.75) is 13.8 Å². The first-order valence-electron chi connectivity index (χ1n) is 5.43. The molecule has 0 bridgehead atoms. The number of esters is 1. The maximum Gasteiger partial charge on any atom is 0.320 e. The van der Waals surface area contributed by atoms with Crippen LogP contribution >= 0.6 is 15.9 Å². The molecule has 0 aliphatic carbocycles. The fourth-order valence-corrected chi connectivity index (χ4v) is 1.81. The van der Waals surface area contributed by atoms with E-state index in [1.807, 2.05) is 12.1 Å². The monoisotopic (exact) mass is 313 g/mol. The molecule has 0 radical (unpaired) electrons. The summed E-state index contributed by atoms with van der Waals surface area (Å²) >= 11 is 3.33. The smallest absolute Gasteiger partial charge is 0.320 e. The standard InChI is InChI=1S/C13H16BrNO3/c1-13(2,12(17)18-4)11(16)15(3)10-7-5-9(14)6-8-10/h5-8H,1-4H3. The highest BCUT2D eigenvalue weighted by Gasteiger charge is 2.39. The van der Waals surface area contributed by atoms with Gasteiger partial charge in [0, 0.05) is 17.2 Å². The van der Waals surface area contributed by atoms with Crippen molar-refractivity contribution in [1.29, 1.82) is 0 Å². The van der Waals surface area contributed by atoms with E-state index in [-0.39, 0.29) is 5.91 Å². The summed E-state index contributed by atoms with van der Waals surface area (Å²) in [7, 11) is 2.91. The highest BCUT2D eigenvalue weighted by atomic mass is 79.9. The Morgan fingerprint density at radius 2 is 1.72 bits per heavy atom. The SMILES string of the molecule is COC(=O)C(C)(C)C(=O)N(C)c1ccc(Br)cc1. The number of benzene rings is 1. The highest BCUT2D eigenvalue weighted by molar-refractivity contribution is 9.10. The van der Waals surface area contributed by atoms with E-state index in [2.05, 4.69) is 20.7 Å². The first-order chi connectivity index (χ1) is 8.30. The van der Waals surface area contributed by atoms with Crippen molar-refractivity contribution in [2.24, 2.45) is 5.41 Å². The zero-order chi connectivity index (χ0) is 13.9. The predicted molar refractivity (Wildman–Crippen MR) is 73.3 cm³/mol. The van der Waals surface area contributed by atoms with E-state index in [0.717, 1.165) is 10.2 Å². The van der Waals surface area contributed by atoms with E-state index in [4.69, 9.17) is 0 Å². The molecule has 0 aliphatic heterocycles. The third kappa shape index (κ3) is 2.90. The average Bonchev–Trinajstić information content (AvgIpc) is 2.36. The van der Waals surface area contributed by atoms with Crippen LogP contribution in [0, 0.1) is 5.41 Å². The maximum absolute atomic E-state index is 12.3. The van der Waals surface area contributed by atoms with Crippen LogP contribution in [0.1, 0.15) is 13.8 Å². The largest absolute Gasteiger partial charge is 0.468 e. The number of carbonyl (C=O) groups is 2. The van der Waals surface area contributed by atoms with Crippen molar-refractivity contribution >= 4 is 33.5 Å². The molecule has 0 N–H and O–H groups in total. The summed E-state index contributed by atoms with van der Waals surface area (Å²) in [4.78, 5) is 25.3. The Morgan fingerprint density at radius 3 is 2.17 bits per heavy atom. The zero-order valence-electron chi connectivity index (χ0n) is 10.9. The van der Waals surface area contributed by atoms with E-state index >= 15 is 0 Å². The summed E-state index contributed by atoms with van der Waals surface area (Å²) in [5, 5.41) is 0. The maximum atomic E-state index is 12.3. The number of amides is 1. The molecule has 1 aromatic rings. The molecule has 0 aliphatic rings. The molecule has 0 atom stereocenters. The number of anilines is 1. The van der Waals surface area contributed by atoms with Gasteiger partial charge in [0.15, 0.2) is 0 Å². The number of hydrogen-bond donors (Lipinski definition) is 0. The van der Waals surface area contributed by atoms with Gasteiger partial charge in [-0.25, -0.2) is 0 Å². The number of carbonyl (C=O) groups excluding carboxylic acids is 2. The number of rotatable bonds is 3. The lowest BCUT2D eigenvalue weighted by Gasteiger charge is -2.27. The molecule has 18 heavy (non-hydrogen) atoms. The minimum absolute atomic E-state index is 0.309. The second-order valence-electron chi connectivity index (χ2n) is 4.46. The van der Waals surface area contributed by atoms with Crippen LogP contribution in [0.5, 0.6) is 0 Å². The number of halogens is 1. The number of hydrogen-bond acceptors (Lipinski definition) is 3. The van der Waals surface area contributed by atoms with Gasteiger partial charge in [-0.05, 0) is 38.1 Å². The van der Waals surface area contributed by atoms with Gasteiger partial charge in [-0.1, -0.05) is 15.9 Å². The van der Waals surface area contributed by atoms with Gasteiger partial charge in [0.1, 0.15) is 5.41 Å². The fraction of sp³-hybridized carbons (Fsp3) is 0.385. The van der Waals surface area contributed by atoms with Crippen LogP contribution in [0.4, 0.5) is 5.69 Å². The van der Waals surface area contributed by atoms with Crippen molar-refractivity contribution in [3.8, 4) is 0 Å². The molecule has 0 saturated carbocycles. The molecule has 0 fully saturated rings. The zero-order valence-corrected chi connectivity index (χ0v) is 12.4. The number of nitrogens with zero attached hydrogens (tertiary/aromatic N) is 1. The van der Waals surface area contributed by atoms with Gasteiger partial charge < -0.3 is 9.64 Å². The molecule has 0 saturated heterocycles. The highest BCUT2D eigenvalue weighted by Crippen LogP contribution is 2.25. The van der Waals surface area contributed by atoms with Gasteiger partial charge in [-0.15, -0.1) is 0 Å². The Kier molecular flexibility index (Phi) is 4.51. The minimum atomic E-state index is -1.20. The molecule has 1 rings (SSSR count). The number of methoxy groups -OCH3 is 1. The molecule has 5 heteroatoms. The van der Waals surface area contributed by atoms with Crippen LogP contribution in [0.25, 0.3) is 0 Å². The van der Waals surface area contributed by atoms with Gasteiger partial charge in [0.2, 0.25) is 5.91 Å². The Labute approximate surface area is 115 Å². The van der Waals surface area contributed by atoms with Gasteiger partial charge in [-0.3, -0.25) is 9.59 Å². The van der Waals surface area contributed by atoms with Crippen molar-refractivity contribution in [3.63, 3.8) is 0 Å². The second kappa shape index (κ2) is 5.52. The summed E-state index contributed by atoms with van der Waals surface area (Å²) in [5.41, 5.74) is -0.475. The van der Waals surface area contributed by atoms with E-state index in [0.29, 0.717) is 0 Å². The Bertz CT molecular complexity index is 454. The van der Waals surface area contributed by atoms with Crippen molar-refractivity contribution < 1.29 is 14.3 Å². The van der Waals surface area contributed by atoms with Crippen LogP contribution in [0.15, 0.2) is 28.7 Å². The summed E-state index contributed by atoms with van der Waals surface area (Å²) in [6, 6.07) is 7.28. The Balaban J connectivity index is 2.97. The number of ether oxygens (including phenoxy) is 1. The van der Waals surface area contributed by atoms with E-state index in [1.165, 1.54) is 12.0 Å². The van der Waals surface area contributed by atoms with Crippen LogP contribution in [-0.4, -0.2) is 26.0 Å². The lowest BCUT2D eigenvalue weighted by molar-refractivity contribution is -0.155.